The molecule has 2 atom stereocenters. The summed E-state index contributed by atoms with van der Waals surface area (Å²) in [5, 5.41) is 12.2. The summed E-state index contributed by atoms with van der Waals surface area (Å²) in [6.45, 7) is 6.14. The van der Waals surface area contributed by atoms with E-state index in [1.807, 2.05) is 0 Å². The van der Waals surface area contributed by atoms with Gasteiger partial charge in [-0.05, 0) is 32.4 Å². The molecule has 108 valence electrons. The van der Waals surface area contributed by atoms with Crippen molar-refractivity contribution < 1.29 is 14.7 Å². The molecule has 0 saturated carbocycles. The van der Waals surface area contributed by atoms with Gasteiger partial charge in [0.1, 0.15) is 17.2 Å². The summed E-state index contributed by atoms with van der Waals surface area (Å²) in [5.41, 5.74) is -0.0809. The Morgan fingerprint density at radius 1 is 1.42 bits per heavy atom. The molecule has 1 aliphatic rings. The topological polar surface area (TPSA) is 69.6 Å². The fourth-order valence-corrected chi connectivity index (χ4v) is 2.46. The molecular formula is C13H21ClN2O3. The Bertz CT molecular complexity index is 391. The normalized spacial score (nSPS) is 22.1. The minimum atomic E-state index is -1.12. The van der Waals surface area contributed by atoms with Crippen molar-refractivity contribution in [3.8, 4) is 0 Å². The van der Waals surface area contributed by atoms with Gasteiger partial charge in [-0.1, -0.05) is 31.4 Å². The van der Waals surface area contributed by atoms with E-state index >= 15 is 0 Å². The van der Waals surface area contributed by atoms with E-state index in [4.69, 9.17) is 16.7 Å². The number of β-lactam (4-membered cyclic amide) rings is 1. The minimum absolute atomic E-state index is 0.0170. The van der Waals surface area contributed by atoms with Crippen LogP contribution in [-0.2, 0) is 9.59 Å². The first-order valence-corrected chi connectivity index (χ1v) is 6.96. The predicted octanol–water partition coefficient (Wildman–Crippen LogP) is 1.92. The van der Waals surface area contributed by atoms with Gasteiger partial charge in [0, 0.05) is 0 Å². The first kappa shape index (κ1) is 16.0. The number of nitrogens with one attached hydrogen (secondary N) is 1. The molecule has 0 aliphatic carbocycles. The van der Waals surface area contributed by atoms with Crippen LogP contribution in [-0.4, -0.2) is 40.0 Å². The molecule has 1 rings (SSSR count). The van der Waals surface area contributed by atoms with E-state index in [2.05, 4.69) is 12.2 Å². The van der Waals surface area contributed by atoms with Gasteiger partial charge < -0.3 is 10.4 Å². The van der Waals surface area contributed by atoms with Crippen LogP contribution in [0.15, 0.2) is 11.3 Å². The van der Waals surface area contributed by atoms with Crippen LogP contribution in [0.4, 0.5) is 0 Å². The third kappa shape index (κ3) is 3.48. The molecule has 0 aromatic carbocycles. The highest BCUT2D eigenvalue weighted by atomic mass is 35.5. The van der Waals surface area contributed by atoms with Crippen LogP contribution in [0.3, 0.4) is 0 Å². The van der Waals surface area contributed by atoms with Gasteiger partial charge >= 0.3 is 5.97 Å². The lowest BCUT2D eigenvalue weighted by atomic mass is 10.0. The van der Waals surface area contributed by atoms with E-state index < -0.39 is 17.5 Å². The van der Waals surface area contributed by atoms with Crippen molar-refractivity contribution >= 4 is 23.5 Å². The van der Waals surface area contributed by atoms with E-state index in [1.54, 1.807) is 13.8 Å². The number of allylic oxidation sites excluding steroid dienone is 1. The summed E-state index contributed by atoms with van der Waals surface area (Å²) in [5.74, 6) is -1.39. The summed E-state index contributed by atoms with van der Waals surface area (Å²) in [7, 11) is 0. The molecule has 1 aliphatic heterocycles. The Kier molecular flexibility index (Phi) is 5.82. The average molecular weight is 289 g/mol. The molecule has 0 bridgehead atoms. The van der Waals surface area contributed by atoms with Crippen molar-refractivity contribution in [2.24, 2.45) is 0 Å². The zero-order valence-corrected chi connectivity index (χ0v) is 12.3. The number of hydrogen-bond donors (Lipinski definition) is 2. The second-order valence-electron chi connectivity index (χ2n) is 4.87. The van der Waals surface area contributed by atoms with Crippen LogP contribution in [0.2, 0.25) is 0 Å². The maximum atomic E-state index is 12.0. The summed E-state index contributed by atoms with van der Waals surface area (Å²) >= 11 is 6.12. The van der Waals surface area contributed by atoms with E-state index in [0.29, 0.717) is 5.57 Å². The van der Waals surface area contributed by atoms with Crippen LogP contribution < -0.4 is 5.32 Å². The van der Waals surface area contributed by atoms with Gasteiger partial charge in [-0.3, -0.25) is 9.69 Å². The fourth-order valence-electron chi connectivity index (χ4n) is 2.06. The molecule has 19 heavy (non-hydrogen) atoms. The smallest absolute Gasteiger partial charge is 0.352 e. The second kappa shape index (κ2) is 6.91. The second-order valence-corrected chi connectivity index (χ2v) is 5.32. The number of halogens is 1. The predicted molar refractivity (Wildman–Crippen MR) is 73.8 cm³/mol. The molecule has 0 spiro atoms. The molecule has 1 fully saturated rings. The number of likely N-dealkylation sites (tertiary alicyclic amines) is 1. The van der Waals surface area contributed by atoms with Crippen LogP contribution >= 0.6 is 11.6 Å². The molecule has 1 heterocycles. The molecule has 0 radical (unpaired) electrons. The average Bonchev–Trinajstić information content (AvgIpc) is 2.34. The highest BCUT2D eigenvalue weighted by molar-refractivity contribution is 6.27. The van der Waals surface area contributed by atoms with Crippen LogP contribution in [0, 0.1) is 0 Å². The molecule has 0 aromatic heterocycles. The lowest BCUT2D eigenvalue weighted by Gasteiger charge is -2.44. The highest BCUT2D eigenvalue weighted by Crippen LogP contribution is 2.30. The Morgan fingerprint density at radius 3 is 2.47 bits per heavy atom. The minimum Gasteiger partial charge on any atom is -0.477 e. The summed E-state index contributed by atoms with van der Waals surface area (Å²) in [4.78, 5) is 24.3. The number of alkyl halides is 1. The number of nitrogens with zero attached hydrogens (tertiary/aromatic N) is 1. The van der Waals surface area contributed by atoms with Crippen molar-refractivity contribution in [3.63, 3.8) is 0 Å². The van der Waals surface area contributed by atoms with Crippen LogP contribution in [0.5, 0.6) is 0 Å². The third-order valence-corrected chi connectivity index (χ3v) is 3.53. The van der Waals surface area contributed by atoms with Crippen LogP contribution in [0.1, 0.15) is 40.0 Å². The molecule has 6 heteroatoms. The largest absolute Gasteiger partial charge is 0.477 e. The Balaban J connectivity index is 2.61. The van der Waals surface area contributed by atoms with E-state index in [9.17, 15) is 9.59 Å². The van der Waals surface area contributed by atoms with Crippen molar-refractivity contribution in [3.05, 3.63) is 11.3 Å². The fraction of sp³-hybridized carbons (Fsp3) is 0.692. The maximum absolute atomic E-state index is 12.0. The first-order chi connectivity index (χ1) is 8.91. The number of carbonyl (C=O) groups excluding carboxylic acids is 1. The molecule has 2 N–H and O–H groups in total. The van der Waals surface area contributed by atoms with Gasteiger partial charge in [0.05, 0.1) is 0 Å². The number of amides is 1. The van der Waals surface area contributed by atoms with E-state index in [0.717, 1.165) is 30.7 Å². The molecule has 1 saturated heterocycles. The maximum Gasteiger partial charge on any atom is 0.352 e. The number of unbranched alkanes of at least 4 members (excludes halogenated alkanes) is 2. The first-order valence-electron chi connectivity index (χ1n) is 6.53. The highest BCUT2D eigenvalue weighted by Gasteiger charge is 2.49. The number of aliphatic carboxylic acids is 1. The van der Waals surface area contributed by atoms with Gasteiger partial charge in [0.15, 0.2) is 0 Å². The van der Waals surface area contributed by atoms with Gasteiger partial charge in [-0.25, -0.2) is 4.79 Å². The quantitative estimate of drug-likeness (QED) is 0.247. The number of carboxylic acids is 1. The summed E-state index contributed by atoms with van der Waals surface area (Å²) in [6, 6.07) is -0.479. The number of rotatable bonds is 7. The van der Waals surface area contributed by atoms with Gasteiger partial charge in [-0.15, -0.1) is 0 Å². The van der Waals surface area contributed by atoms with E-state index in [1.165, 1.54) is 0 Å². The van der Waals surface area contributed by atoms with Crippen LogP contribution in [0.25, 0.3) is 0 Å². The number of carboxylic acid groups (broad SMARTS) is 1. The lowest BCUT2D eigenvalue weighted by Crippen LogP contribution is -2.67. The standard InChI is InChI=1S/C13H21ClN2O3/c1-4-5-6-7-15-9-11(14)16(12(9)17)10(8(2)3)13(18)19/h9,11,15H,4-7H2,1-3H3,(H,18,19)/t9-,11?/m1/s1. The van der Waals surface area contributed by atoms with Gasteiger partial charge in [-0.2, -0.15) is 0 Å². The molecule has 0 aromatic rings. The SMILES string of the molecule is CCCCCN[C@H]1C(=O)N(C(C(=O)O)=C(C)C)C1Cl. The van der Waals surface area contributed by atoms with Gasteiger partial charge in [0.2, 0.25) is 5.91 Å². The zero-order valence-electron chi connectivity index (χ0n) is 11.6. The Hall–Kier alpha value is -1.07. The molecule has 1 amide bonds. The Morgan fingerprint density at radius 2 is 2.05 bits per heavy atom. The van der Waals surface area contributed by atoms with Crippen molar-refractivity contribution in [1.29, 1.82) is 0 Å². The Labute approximate surface area is 118 Å². The number of hydrogen-bond acceptors (Lipinski definition) is 3. The van der Waals surface area contributed by atoms with Gasteiger partial charge in [0.25, 0.3) is 0 Å². The number of carbonyl (C=O) groups is 2. The molecule has 5 nitrogen and oxygen atoms in total. The summed E-state index contributed by atoms with van der Waals surface area (Å²) in [6.07, 6.45) is 3.19. The van der Waals surface area contributed by atoms with Crippen molar-refractivity contribution in [2.45, 2.75) is 51.6 Å². The van der Waals surface area contributed by atoms with Crippen molar-refractivity contribution in [1.82, 2.24) is 10.2 Å². The molecule has 1 unspecified atom stereocenters. The van der Waals surface area contributed by atoms with Crippen molar-refractivity contribution in [2.75, 3.05) is 6.54 Å². The monoisotopic (exact) mass is 288 g/mol. The summed E-state index contributed by atoms with van der Waals surface area (Å²) < 4.78 is 0. The molecular weight excluding hydrogens is 268 g/mol. The zero-order chi connectivity index (χ0) is 14.6. The third-order valence-electron chi connectivity index (χ3n) is 3.09. The lowest BCUT2D eigenvalue weighted by molar-refractivity contribution is -0.149. The van der Waals surface area contributed by atoms with E-state index in [-0.39, 0.29) is 11.6 Å².